The number of thiol groups is 1. The van der Waals surface area contributed by atoms with Gasteiger partial charge in [0, 0.05) is 18.3 Å². The molecule has 20 heavy (non-hydrogen) atoms. The lowest BCUT2D eigenvalue weighted by Gasteiger charge is -2.24. The molecule has 0 aromatic carbocycles. The van der Waals surface area contributed by atoms with Gasteiger partial charge in [0.05, 0.1) is 0 Å². The van der Waals surface area contributed by atoms with Crippen LogP contribution in [0.2, 0.25) is 0 Å². The topological polar surface area (TPSA) is 58.6 Å². The third-order valence-electron chi connectivity index (χ3n) is 2.69. The Labute approximate surface area is 127 Å². The molecule has 1 aliphatic rings. The predicted octanol–water partition coefficient (Wildman–Crippen LogP) is 2.46. The van der Waals surface area contributed by atoms with Crippen LogP contribution < -0.4 is 5.32 Å². The van der Waals surface area contributed by atoms with Crippen molar-refractivity contribution in [1.82, 2.24) is 10.2 Å². The maximum Gasteiger partial charge on any atom is 0.408 e. The molecule has 118 valence electrons. The Kier molecular flexibility index (Phi) is 8.69. The molecule has 1 heterocycles. The predicted molar refractivity (Wildman–Crippen MR) is 84.2 cm³/mol. The molecule has 0 aliphatic carbocycles. The molecule has 1 aliphatic heterocycles. The maximum absolute atomic E-state index is 11.9. The van der Waals surface area contributed by atoms with Crippen LogP contribution in [0.5, 0.6) is 0 Å². The summed E-state index contributed by atoms with van der Waals surface area (Å²) in [5.41, 5.74) is -0.547. The van der Waals surface area contributed by atoms with Crippen LogP contribution in [0.4, 0.5) is 4.79 Å². The van der Waals surface area contributed by atoms with Gasteiger partial charge in [0.1, 0.15) is 12.1 Å². The van der Waals surface area contributed by atoms with Gasteiger partial charge in [0.25, 0.3) is 0 Å². The summed E-state index contributed by atoms with van der Waals surface area (Å²) in [6.07, 6.45) is 1.43. The molecule has 1 atom stereocenters. The Hall–Kier alpha value is -0.910. The summed E-state index contributed by atoms with van der Waals surface area (Å²) in [5.74, 6) is 0.593. The summed E-state index contributed by atoms with van der Waals surface area (Å²) in [4.78, 5) is 25.1. The van der Waals surface area contributed by atoms with E-state index in [9.17, 15) is 9.59 Å². The monoisotopic (exact) mass is 304 g/mol. The molecular formula is C14H28N2O3S. The Morgan fingerprint density at radius 3 is 2.45 bits per heavy atom. The van der Waals surface area contributed by atoms with E-state index in [4.69, 9.17) is 4.74 Å². The number of hydrogen-bond acceptors (Lipinski definition) is 4. The zero-order chi connectivity index (χ0) is 15.8. The lowest BCUT2D eigenvalue weighted by molar-refractivity contribution is -0.130. The van der Waals surface area contributed by atoms with Crippen LogP contribution in [-0.4, -0.2) is 47.4 Å². The second kappa shape index (κ2) is 9.10. The average Bonchev–Trinajstić information content (AvgIpc) is 2.84. The second-order valence-corrected chi connectivity index (χ2v) is 5.79. The third kappa shape index (κ3) is 7.03. The molecule has 1 unspecified atom stereocenters. The smallest absolute Gasteiger partial charge is 0.408 e. The number of likely N-dealkylation sites (tertiary alicyclic amines) is 1. The fourth-order valence-corrected chi connectivity index (χ4v) is 2.30. The van der Waals surface area contributed by atoms with Gasteiger partial charge in [0.2, 0.25) is 5.91 Å². The first-order valence-corrected chi connectivity index (χ1v) is 7.84. The molecule has 0 aromatic heterocycles. The van der Waals surface area contributed by atoms with Crippen LogP contribution in [-0.2, 0) is 9.53 Å². The van der Waals surface area contributed by atoms with E-state index in [0.29, 0.717) is 5.75 Å². The second-order valence-electron chi connectivity index (χ2n) is 5.42. The zero-order valence-corrected chi connectivity index (χ0v) is 14.1. The van der Waals surface area contributed by atoms with E-state index in [2.05, 4.69) is 17.9 Å². The molecule has 0 spiro atoms. The molecule has 0 aromatic rings. The van der Waals surface area contributed by atoms with Crippen molar-refractivity contribution in [3.05, 3.63) is 0 Å². The van der Waals surface area contributed by atoms with E-state index in [1.807, 2.05) is 13.8 Å². The fourth-order valence-electron chi connectivity index (χ4n) is 1.92. The fraction of sp³-hybridized carbons (Fsp3) is 0.857. The summed E-state index contributed by atoms with van der Waals surface area (Å²) in [7, 11) is 0. The highest BCUT2D eigenvalue weighted by molar-refractivity contribution is 7.80. The minimum atomic E-state index is -0.558. The molecule has 0 bridgehead atoms. The largest absolute Gasteiger partial charge is 0.444 e. The lowest BCUT2D eigenvalue weighted by Crippen LogP contribution is -2.44. The normalized spacial score (nSPS) is 18.1. The van der Waals surface area contributed by atoms with Gasteiger partial charge in [-0.3, -0.25) is 4.79 Å². The molecule has 1 saturated heterocycles. The van der Waals surface area contributed by atoms with Crippen LogP contribution in [0, 0.1) is 0 Å². The first kappa shape index (κ1) is 19.1. The molecule has 5 nitrogen and oxygen atoms in total. The van der Waals surface area contributed by atoms with Crippen molar-refractivity contribution < 1.29 is 14.3 Å². The van der Waals surface area contributed by atoms with Crippen LogP contribution in [0.15, 0.2) is 0 Å². The standard InChI is InChI=1S/C12H22N2O3S.C2H6/c1-12(2,3)17-11(16)13-7-10(15)14-6-4-5-9(14)8-18;1-2/h9,18H,4-8H2,1-3H3,(H,13,16);1-2H3. The van der Waals surface area contributed by atoms with Crippen LogP contribution in [0.25, 0.3) is 0 Å². The number of nitrogens with zero attached hydrogens (tertiary/aromatic N) is 1. The van der Waals surface area contributed by atoms with Crippen LogP contribution >= 0.6 is 12.6 Å². The molecular weight excluding hydrogens is 276 g/mol. The summed E-state index contributed by atoms with van der Waals surface area (Å²) >= 11 is 4.23. The molecule has 6 heteroatoms. The number of carbonyl (C=O) groups is 2. The summed E-state index contributed by atoms with van der Waals surface area (Å²) in [5, 5.41) is 2.48. The maximum atomic E-state index is 11.9. The molecule has 0 radical (unpaired) electrons. The van der Waals surface area contributed by atoms with Gasteiger partial charge < -0.3 is 15.0 Å². The summed E-state index contributed by atoms with van der Waals surface area (Å²) in [6, 6.07) is 0.196. The van der Waals surface area contributed by atoms with Crippen LogP contribution in [0.3, 0.4) is 0 Å². The number of amides is 2. The van der Waals surface area contributed by atoms with Gasteiger partial charge in [0.15, 0.2) is 0 Å². The van der Waals surface area contributed by atoms with Gasteiger partial charge in [-0.1, -0.05) is 13.8 Å². The van der Waals surface area contributed by atoms with Crippen molar-refractivity contribution >= 4 is 24.6 Å². The first-order chi connectivity index (χ1) is 9.33. The molecule has 2 amide bonds. The lowest BCUT2D eigenvalue weighted by atomic mass is 10.2. The van der Waals surface area contributed by atoms with Gasteiger partial charge in [-0.15, -0.1) is 0 Å². The van der Waals surface area contributed by atoms with Crippen molar-refractivity contribution in [2.45, 2.75) is 59.1 Å². The minimum absolute atomic E-state index is 0.0147. The highest BCUT2D eigenvalue weighted by Crippen LogP contribution is 2.17. The Morgan fingerprint density at radius 1 is 1.35 bits per heavy atom. The van der Waals surface area contributed by atoms with Gasteiger partial charge in [-0.25, -0.2) is 4.79 Å². The Balaban J connectivity index is 0.00000172. The number of nitrogens with one attached hydrogen (secondary N) is 1. The number of rotatable bonds is 3. The van der Waals surface area contributed by atoms with Gasteiger partial charge in [-0.05, 0) is 33.6 Å². The first-order valence-electron chi connectivity index (χ1n) is 7.20. The van der Waals surface area contributed by atoms with E-state index in [1.165, 1.54) is 0 Å². The highest BCUT2D eigenvalue weighted by Gasteiger charge is 2.27. The number of alkyl carbamates (subject to hydrolysis) is 1. The van der Waals surface area contributed by atoms with Gasteiger partial charge >= 0.3 is 6.09 Å². The summed E-state index contributed by atoms with van der Waals surface area (Å²) < 4.78 is 5.07. The van der Waals surface area contributed by atoms with Crippen molar-refractivity contribution in [2.24, 2.45) is 0 Å². The molecule has 1 fully saturated rings. The Bertz CT molecular complexity index is 316. The molecule has 1 rings (SSSR count). The Morgan fingerprint density at radius 2 is 1.95 bits per heavy atom. The SMILES string of the molecule is CC.CC(C)(C)OC(=O)NCC(=O)N1CCCC1CS. The minimum Gasteiger partial charge on any atom is -0.444 e. The van der Waals surface area contributed by atoms with Crippen molar-refractivity contribution in [2.75, 3.05) is 18.8 Å². The van der Waals surface area contributed by atoms with E-state index in [-0.39, 0.29) is 18.5 Å². The van der Waals surface area contributed by atoms with Crippen molar-refractivity contribution in [1.29, 1.82) is 0 Å². The zero-order valence-electron chi connectivity index (χ0n) is 13.2. The van der Waals surface area contributed by atoms with E-state index < -0.39 is 11.7 Å². The van der Waals surface area contributed by atoms with E-state index in [0.717, 1.165) is 19.4 Å². The molecule has 0 saturated carbocycles. The summed E-state index contributed by atoms with van der Waals surface area (Å²) in [6.45, 7) is 10.1. The quantitative estimate of drug-likeness (QED) is 0.788. The highest BCUT2D eigenvalue weighted by atomic mass is 32.1. The van der Waals surface area contributed by atoms with Crippen LogP contribution in [0.1, 0.15) is 47.5 Å². The number of carbonyl (C=O) groups excluding carboxylic acids is 2. The number of ether oxygens (including phenoxy) is 1. The van der Waals surface area contributed by atoms with E-state index in [1.54, 1.807) is 25.7 Å². The number of hydrogen-bond donors (Lipinski definition) is 2. The van der Waals surface area contributed by atoms with Gasteiger partial charge in [-0.2, -0.15) is 12.6 Å². The van der Waals surface area contributed by atoms with Crippen molar-refractivity contribution in [3.8, 4) is 0 Å². The molecule has 1 N–H and O–H groups in total. The third-order valence-corrected chi connectivity index (χ3v) is 3.11. The average molecular weight is 304 g/mol. The van der Waals surface area contributed by atoms with Crippen molar-refractivity contribution in [3.63, 3.8) is 0 Å². The van der Waals surface area contributed by atoms with E-state index >= 15 is 0 Å².